The first kappa shape index (κ1) is 25.8. The Morgan fingerprint density at radius 2 is 1.84 bits per heavy atom. The summed E-state index contributed by atoms with van der Waals surface area (Å²) in [6.45, 7) is 14.7. The van der Waals surface area contributed by atoms with Crippen LogP contribution in [0.5, 0.6) is 5.75 Å². The number of carbonyl (C=O) groups excluding carboxylic acids is 3. The molecule has 1 aromatic heterocycles. The molecular weight excluding hydrogens is 474 g/mol. The molecule has 3 aromatic rings. The Balaban J connectivity index is 1.46. The number of ether oxygens (including phenoxy) is 3. The smallest absolute Gasteiger partial charge is 0.412 e. The molecule has 1 N–H and O–H groups in total. The first-order valence-electron chi connectivity index (χ1n) is 11.8. The zero-order valence-corrected chi connectivity index (χ0v) is 21.3. The van der Waals surface area contributed by atoms with Crippen LogP contribution in [-0.4, -0.2) is 23.4 Å². The first-order valence-corrected chi connectivity index (χ1v) is 11.8. The van der Waals surface area contributed by atoms with Crippen molar-refractivity contribution in [3.8, 4) is 5.75 Å². The molecule has 0 bridgehead atoms. The third-order valence-electron chi connectivity index (χ3n) is 5.69. The third kappa shape index (κ3) is 5.91. The Morgan fingerprint density at radius 1 is 1.08 bits per heavy atom. The molecule has 2 unspecified atom stereocenters. The number of fused-ring (bicyclic) bond motifs is 1. The fourth-order valence-electron chi connectivity index (χ4n) is 4.09. The molecule has 0 aliphatic carbocycles. The second-order valence-electron chi connectivity index (χ2n) is 9.89. The number of nitrogens with one attached hydrogen (secondary N) is 1. The van der Waals surface area contributed by atoms with E-state index in [2.05, 4.69) is 18.5 Å². The van der Waals surface area contributed by atoms with E-state index in [9.17, 15) is 14.4 Å². The minimum atomic E-state index is -0.885. The van der Waals surface area contributed by atoms with Crippen LogP contribution < -0.4 is 10.1 Å². The number of benzene rings is 2. The van der Waals surface area contributed by atoms with Crippen molar-refractivity contribution in [2.24, 2.45) is 5.92 Å². The zero-order valence-electron chi connectivity index (χ0n) is 21.3. The predicted molar refractivity (Wildman–Crippen MR) is 138 cm³/mol. The molecule has 4 rings (SSSR count). The van der Waals surface area contributed by atoms with Crippen molar-refractivity contribution in [2.45, 2.75) is 46.0 Å². The van der Waals surface area contributed by atoms with E-state index in [0.717, 1.165) is 10.9 Å². The van der Waals surface area contributed by atoms with Crippen LogP contribution >= 0.6 is 0 Å². The lowest BCUT2D eigenvalue weighted by Crippen LogP contribution is -2.32. The second-order valence-corrected chi connectivity index (χ2v) is 9.89. The summed E-state index contributed by atoms with van der Waals surface area (Å²) in [5, 5.41) is 3.45. The van der Waals surface area contributed by atoms with Gasteiger partial charge in [0.2, 0.25) is 0 Å². The van der Waals surface area contributed by atoms with Gasteiger partial charge in [0, 0.05) is 16.6 Å². The number of hydrogen-bond acceptors (Lipinski definition) is 7. The van der Waals surface area contributed by atoms with Gasteiger partial charge < -0.3 is 18.6 Å². The van der Waals surface area contributed by atoms with Crippen LogP contribution in [0.25, 0.3) is 11.0 Å². The van der Waals surface area contributed by atoms with E-state index in [-0.39, 0.29) is 18.0 Å². The molecule has 2 atom stereocenters. The number of carbonyl (C=O) groups is 3. The van der Waals surface area contributed by atoms with Crippen LogP contribution in [0.15, 0.2) is 77.3 Å². The quantitative estimate of drug-likeness (QED) is 0.240. The fourth-order valence-corrected chi connectivity index (χ4v) is 4.09. The highest BCUT2D eigenvalue weighted by molar-refractivity contribution is 6.00. The Bertz CT molecular complexity index is 1410. The lowest BCUT2D eigenvalue weighted by atomic mass is 9.83. The highest BCUT2D eigenvalue weighted by Gasteiger charge is 2.40. The second kappa shape index (κ2) is 9.97. The molecule has 2 heterocycles. The lowest BCUT2D eigenvalue weighted by Gasteiger charge is -2.30. The summed E-state index contributed by atoms with van der Waals surface area (Å²) in [7, 11) is 0. The monoisotopic (exact) mass is 503 g/mol. The van der Waals surface area contributed by atoms with E-state index in [4.69, 9.17) is 18.6 Å². The van der Waals surface area contributed by atoms with E-state index in [1.807, 2.05) is 12.1 Å². The SMILES string of the molecule is C=C1C(=O)OC(c2cc3cc(OCc4cccc(NC(=O)OC(C)(C)C)c4)ccc3o2)C(=C)C1C(C)=O. The summed E-state index contributed by atoms with van der Waals surface area (Å²) in [5.74, 6) is -0.719. The van der Waals surface area contributed by atoms with Crippen molar-refractivity contribution < 1.29 is 33.0 Å². The number of hydrogen-bond donors (Lipinski definition) is 1. The van der Waals surface area contributed by atoms with Crippen LogP contribution in [0.4, 0.5) is 10.5 Å². The molecule has 8 nitrogen and oxygen atoms in total. The van der Waals surface area contributed by atoms with Gasteiger partial charge in [0.15, 0.2) is 6.10 Å². The molecule has 1 aliphatic heterocycles. The van der Waals surface area contributed by atoms with Gasteiger partial charge in [-0.25, -0.2) is 9.59 Å². The van der Waals surface area contributed by atoms with Gasteiger partial charge in [0.25, 0.3) is 0 Å². The molecule has 1 saturated heterocycles. The molecule has 37 heavy (non-hydrogen) atoms. The van der Waals surface area contributed by atoms with Crippen molar-refractivity contribution >= 4 is 34.5 Å². The minimum absolute atomic E-state index is 0.0749. The number of Topliss-reactive ketones (excluding diaryl/α,β-unsaturated/α-hetero) is 1. The molecule has 2 aromatic carbocycles. The number of esters is 1. The summed E-state index contributed by atoms with van der Waals surface area (Å²) in [6.07, 6.45) is -1.42. The summed E-state index contributed by atoms with van der Waals surface area (Å²) in [6, 6.07) is 14.3. The summed E-state index contributed by atoms with van der Waals surface area (Å²) in [5.41, 5.74) is 1.91. The van der Waals surface area contributed by atoms with Gasteiger partial charge in [0.05, 0.1) is 5.92 Å². The van der Waals surface area contributed by atoms with Crippen LogP contribution in [-0.2, 0) is 25.7 Å². The summed E-state index contributed by atoms with van der Waals surface area (Å²) < 4.78 is 22.6. The van der Waals surface area contributed by atoms with Crippen LogP contribution in [0.2, 0.25) is 0 Å². The Kier molecular flexibility index (Phi) is 6.94. The number of cyclic esters (lactones) is 1. The number of furan rings is 1. The summed E-state index contributed by atoms with van der Waals surface area (Å²) >= 11 is 0. The maximum absolute atomic E-state index is 12.3. The van der Waals surface area contributed by atoms with Crippen molar-refractivity contribution in [3.05, 3.63) is 84.2 Å². The van der Waals surface area contributed by atoms with Crippen LogP contribution in [0, 0.1) is 5.92 Å². The predicted octanol–water partition coefficient (Wildman–Crippen LogP) is 6.27. The molecule has 0 radical (unpaired) electrons. The van der Waals surface area contributed by atoms with Crippen molar-refractivity contribution in [3.63, 3.8) is 0 Å². The summed E-state index contributed by atoms with van der Waals surface area (Å²) in [4.78, 5) is 36.4. The molecule has 192 valence electrons. The fraction of sp³-hybridized carbons (Fsp3) is 0.276. The van der Waals surface area contributed by atoms with Crippen molar-refractivity contribution in [1.82, 2.24) is 0 Å². The zero-order chi connectivity index (χ0) is 26.9. The van der Waals surface area contributed by atoms with Crippen LogP contribution in [0.1, 0.15) is 45.1 Å². The molecule has 1 fully saturated rings. The maximum atomic E-state index is 12.3. The molecule has 1 amide bonds. The third-order valence-corrected chi connectivity index (χ3v) is 5.69. The highest BCUT2D eigenvalue weighted by Crippen LogP contribution is 2.41. The normalized spacial score (nSPS) is 17.9. The van der Waals surface area contributed by atoms with E-state index < -0.39 is 29.7 Å². The van der Waals surface area contributed by atoms with E-state index in [1.54, 1.807) is 57.2 Å². The van der Waals surface area contributed by atoms with Gasteiger partial charge in [-0.3, -0.25) is 10.1 Å². The molecule has 0 spiro atoms. The Morgan fingerprint density at radius 3 is 2.54 bits per heavy atom. The van der Waals surface area contributed by atoms with Gasteiger partial charge in [-0.05, 0) is 75.2 Å². The Labute approximate surface area is 214 Å². The van der Waals surface area contributed by atoms with Gasteiger partial charge >= 0.3 is 12.1 Å². The molecule has 1 aliphatic rings. The van der Waals surface area contributed by atoms with Gasteiger partial charge in [-0.2, -0.15) is 0 Å². The molecule has 0 saturated carbocycles. The lowest BCUT2D eigenvalue weighted by molar-refractivity contribution is -0.148. The van der Waals surface area contributed by atoms with Crippen LogP contribution in [0.3, 0.4) is 0 Å². The average molecular weight is 504 g/mol. The number of ketones is 1. The van der Waals surface area contributed by atoms with Gasteiger partial charge in [-0.15, -0.1) is 0 Å². The first-order chi connectivity index (χ1) is 17.4. The number of rotatable bonds is 6. The minimum Gasteiger partial charge on any atom is -0.489 e. The van der Waals surface area contributed by atoms with E-state index in [0.29, 0.717) is 28.4 Å². The Hall–Kier alpha value is -4.33. The highest BCUT2D eigenvalue weighted by atomic mass is 16.6. The molecule has 8 heteroatoms. The van der Waals surface area contributed by atoms with Crippen molar-refractivity contribution in [2.75, 3.05) is 5.32 Å². The molecular formula is C29H29NO7. The number of amides is 1. The van der Waals surface area contributed by atoms with E-state index >= 15 is 0 Å². The largest absolute Gasteiger partial charge is 0.489 e. The van der Waals surface area contributed by atoms with E-state index in [1.165, 1.54) is 6.92 Å². The van der Waals surface area contributed by atoms with Gasteiger partial charge in [-0.1, -0.05) is 25.3 Å². The number of anilines is 1. The topological polar surface area (TPSA) is 104 Å². The van der Waals surface area contributed by atoms with Crippen molar-refractivity contribution in [1.29, 1.82) is 0 Å². The average Bonchev–Trinajstić information content (AvgIpc) is 3.22. The standard InChI is InChI=1S/C29H29NO7/c1-16-25(18(3)31)17(2)27(32)36-26(16)24-14-20-13-22(10-11-23(20)35-24)34-15-19-8-7-9-21(12-19)30-28(33)37-29(4,5)6/h7-14,25-26H,1-2,15H2,3-6H3,(H,30,33). The van der Waals surface area contributed by atoms with Gasteiger partial charge in [0.1, 0.15) is 35.1 Å². The maximum Gasteiger partial charge on any atom is 0.412 e.